The minimum atomic E-state index is -0.178. The van der Waals surface area contributed by atoms with Gasteiger partial charge in [-0.15, -0.1) is 0 Å². The number of aromatic nitrogens is 3. The zero-order valence-electron chi connectivity index (χ0n) is 19.5. The van der Waals surface area contributed by atoms with Crippen molar-refractivity contribution in [1.29, 1.82) is 0 Å². The number of carbonyl (C=O) groups excluding carboxylic acids is 1. The van der Waals surface area contributed by atoms with E-state index in [2.05, 4.69) is 9.97 Å². The number of carbonyl (C=O) groups is 1. The lowest BCUT2D eigenvalue weighted by molar-refractivity contribution is 0.0603. The van der Waals surface area contributed by atoms with E-state index in [0.29, 0.717) is 29.6 Å². The Hall–Kier alpha value is -3.68. The monoisotopic (exact) mass is 447 g/mol. The lowest BCUT2D eigenvalue weighted by Crippen LogP contribution is -2.39. The number of nitrogens with zero attached hydrogens (tertiary/aromatic N) is 5. The van der Waals surface area contributed by atoms with Gasteiger partial charge in [0, 0.05) is 50.9 Å². The van der Waals surface area contributed by atoms with E-state index >= 15 is 0 Å². The molecule has 0 unspecified atom stereocenters. The molecule has 172 valence electrons. The number of hydrogen-bond donors (Lipinski definition) is 0. The summed E-state index contributed by atoms with van der Waals surface area (Å²) in [6.45, 7) is 0.649. The van der Waals surface area contributed by atoms with Crippen LogP contribution in [0.5, 0.6) is 11.5 Å². The van der Waals surface area contributed by atoms with E-state index in [0.717, 1.165) is 36.1 Å². The molecule has 1 aliphatic rings. The van der Waals surface area contributed by atoms with Crippen LogP contribution in [-0.4, -0.2) is 60.6 Å². The average Bonchev–Trinajstić information content (AvgIpc) is 2.88. The van der Waals surface area contributed by atoms with Crippen molar-refractivity contribution >= 4 is 11.9 Å². The molecule has 1 amide bonds. The van der Waals surface area contributed by atoms with Crippen LogP contribution in [0.2, 0.25) is 0 Å². The number of benzene rings is 1. The highest BCUT2D eigenvalue weighted by atomic mass is 16.5. The van der Waals surface area contributed by atoms with E-state index in [-0.39, 0.29) is 11.9 Å². The third-order valence-electron chi connectivity index (χ3n) is 5.92. The van der Waals surface area contributed by atoms with E-state index in [9.17, 15) is 4.79 Å². The maximum atomic E-state index is 13.8. The number of ether oxygens (including phenoxy) is 2. The fourth-order valence-corrected chi connectivity index (χ4v) is 4.20. The van der Waals surface area contributed by atoms with Crippen LogP contribution in [-0.2, 0) is 0 Å². The highest BCUT2D eigenvalue weighted by Crippen LogP contribution is 2.38. The van der Waals surface area contributed by atoms with Crippen molar-refractivity contribution in [3.8, 4) is 22.6 Å². The second kappa shape index (κ2) is 9.85. The van der Waals surface area contributed by atoms with E-state index in [1.54, 1.807) is 44.8 Å². The second-order valence-electron chi connectivity index (χ2n) is 8.18. The summed E-state index contributed by atoms with van der Waals surface area (Å²) in [5.41, 5.74) is 3.25. The molecule has 3 heterocycles. The van der Waals surface area contributed by atoms with Gasteiger partial charge in [-0.05, 0) is 49.1 Å². The Morgan fingerprint density at radius 3 is 2.58 bits per heavy atom. The van der Waals surface area contributed by atoms with Gasteiger partial charge in [0.1, 0.15) is 11.5 Å². The highest BCUT2D eigenvalue weighted by Gasteiger charge is 2.33. The Kier molecular flexibility index (Phi) is 6.72. The number of anilines is 1. The Balaban J connectivity index is 1.79. The third kappa shape index (κ3) is 4.60. The standard InChI is InChI=1S/C25H29N5O3/c1-29(2)25-27-16-20(17-10-12-26-13-11-17)23(28-25)21-7-5-6-14-30(21)24(31)19-9-8-18(32-3)15-22(19)33-4/h8-13,15-16,21H,5-7,14H2,1-4H3/t21-/m1/s1. The van der Waals surface area contributed by atoms with Crippen LogP contribution >= 0.6 is 0 Å². The molecule has 1 fully saturated rings. The molecule has 0 N–H and O–H groups in total. The summed E-state index contributed by atoms with van der Waals surface area (Å²) in [5.74, 6) is 1.67. The van der Waals surface area contributed by atoms with E-state index in [1.165, 1.54) is 0 Å². The number of amides is 1. The lowest BCUT2D eigenvalue weighted by Gasteiger charge is -2.36. The topological polar surface area (TPSA) is 80.7 Å². The summed E-state index contributed by atoms with van der Waals surface area (Å²) in [5, 5.41) is 0. The molecule has 0 bridgehead atoms. The summed E-state index contributed by atoms with van der Waals surface area (Å²) < 4.78 is 10.8. The van der Waals surface area contributed by atoms with E-state index < -0.39 is 0 Å². The summed E-state index contributed by atoms with van der Waals surface area (Å²) in [7, 11) is 6.98. The number of methoxy groups -OCH3 is 2. The predicted molar refractivity (Wildman–Crippen MR) is 127 cm³/mol. The van der Waals surface area contributed by atoms with Crippen LogP contribution in [0.3, 0.4) is 0 Å². The van der Waals surface area contributed by atoms with Gasteiger partial charge in [-0.25, -0.2) is 9.97 Å². The molecular weight excluding hydrogens is 418 g/mol. The number of piperidine rings is 1. The Morgan fingerprint density at radius 2 is 1.88 bits per heavy atom. The molecule has 2 aromatic heterocycles. The first kappa shape index (κ1) is 22.5. The zero-order chi connectivity index (χ0) is 23.4. The fourth-order valence-electron chi connectivity index (χ4n) is 4.20. The summed E-state index contributed by atoms with van der Waals surface area (Å²) in [6, 6.07) is 9.00. The van der Waals surface area contributed by atoms with Crippen molar-refractivity contribution < 1.29 is 14.3 Å². The molecule has 1 aliphatic heterocycles. The van der Waals surface area contributed by atoms with Crippen molar-refractivity contribution in [1.82, 2.24) is 19.9 Å². The number of rotatable bonds is 6. The van der Waals surface area contributed by atoms with Gasteiger partial charge in [0.05, 0.1) is 31.5 Å². The van der Waals surface area contributed by atoms with E-state index in [4.69, 9.17) is 14.5 Å². The minimum absolute atomic E-state index is 0.0788. The molecule has 8 heteroatoms. The maximum absolute atomic E-state index is 13.8. The van der Waals surface area contributed by atoms with Gasteiger partial charge in [-0.3, -0.25) is 9.78 Å². The van der Waals surface area contributed by atoms with Crippen molar-refractivity contribution in [2.24, 2.45) is 0 Å². The Bertz CT molecular complexity index is 1120. The van der Waals surface area contributed by atoms with Crippen molar-refractivity contribution in [2.75, 3.05) is 39.8 Å². The molecule has 0 saturated carbocycles. The normalized spacial score (nSPS) is 15.8. The van der Waals surface area contributed by atoms with Gasteiger partial charge in [-0.1, -0.05) is 0 Å². The van der Waals surface area contributed by atoms with Gasteiger partial charge in [0.25, 0.3) is 5.91 Å². The smallest absolute Gasteiger partial charge is 0.258 e. The van der Waals surface area contributed by atoms with Crippen LogP contribution in [0.1, 0.15) is 41.4 Å². The van der Waals surface area contributed by atoms with Gasteiger partial charge < -0.3 is 19.3 Å². The van der Waals surface area contributed by atoms with Crippen molar-refractivity contribution in [2.45, 2.75) is 25.3 Å². The maximum Gasteiger partial charge on any atom is 0.258 e. The van der Waals surface area contributed by atoms with Crippen molar-refractivity contribution in [3.05, 3.63) is 60.2 Å². The molecule has 1 aromatic carbocycles. The molecule has 4 rings (SSSR count). The van der Waals surface area contributed by atoms with Crippen LogP contribution in [0.15, 0.2) is 48.9 Å². The predicted octanol–water partition coefficient (Wildman–Crippen LogP) is 3.99. The zero-order valence-corrected chi connectivity index (χ0v) is 19.5. The molecule has 0 spiro atoms. The van der Waals surface area contributed by atoms with Crippen LogP contribution in [0.4, 0.5) is 5.95 Å². The molecular formula is C25H29N5O3. The van der Waals surface area contributed by atoms with Gasteiger partial charge >= 0.3 is 0 Å². The summed E-state index contributed by atoms with van der Waals surface area (Å²) >= 11 is 0. The fraction of sp³-hybridized carbons (Fsp3) is 0.360. The quantitative estimate of drug-likeness (QED) is 0.565. The van der Waals surface area contributed by atoms with Crippen LogP contribution in [0.25, 0.3) is 11.1 Å². The number of likely N-dealkylation sites (tertiary alicyclic amines) is 1. The van der Waals surface area contributed by atoms with E-state index in [1.807, 2.05) is 42.2 Å². The van der Waals surface area contributed by atoms with Gasteiger partial charge in [0.2, 0.25) is 5.95 Å². The van der Waals surface area contributed by atoms with Crippen LogP contribution < -0.4 is 14.4 Å². The Morgan fingerprint density at radius 1 is 1.09 bits per heavy atom. The van der Waals surface area contributed by atoms with Crippen LogP contribution in [0, 0.1) is 0 Å². The highest BCUT2D eigenvalue weighted by molar-refractivity contribution is 5.97. The van der Waals surface area contributed by atoms with Gasteiger partial charge in [-0.2, -0.15) is 0 Å². The molecule has 1 atom stereocenters. The molecule has 0 radical (unpaired) electrons. The average molecular weight is 448 g/mol. The largest absolute Gasteiger partial charge is 0.497 e. The molecule has 33 heavy (non-hydrogen) atoms. The summed E-state index contributed by atoms with van der Waals surface area (Å²) in [4.78, 5) is 31.2. The lowest BCUT2D eigenvalue weighted by atomic mass is 9.93. The number of pyridine rings is 1. The minimum Gasteiger partial charge on any atom is -0.497 e. The first-order chi connectivity index (χ1) is 16.0. The van der Waals surface area contributed by atoms with Crippen molar-refractivity contribution in [3.63, 3.8) is 0 Å². The molecule has 0 aliphatic carbocycles. The van der Waals surface area contributed by atoms with Gasteiger partial charge in [0.15, 0.2) is 0 Å². The SMILES string of the molecule is COc1ccc(C(=O)N2CCCC[C@@H]2c2nc(N(C)C)ncc2-c2ccncc2)c(OC)c1. The second-order valence-corrected chi connectivity index (χ2v) is 8.18. The first-order valence-electron chi connectivity index (χ1n) is 11.0. The third-order valence-corrected chi connectivity index (χ3v) is 5.92. The number of hydrogen-bond acceptors (Lipinski definition) is 7. The molecule has 1 saturated heterocycles. The summed E-state index contributed by atoms with van der Waals surface area (Å²) in [6.07, 6.45) is 8.14. The molecule has 8 nitrogen and oxygen atoms in total. The molecule has 3 aromatic rings. The first-order valence-corrected chi connectivity index (χ1v) is 11.0. The Labute approximate surface area is 194 Å².